The van der Waals surface area contributed by atoms with Crippen molar-refractivity contribution in [3.63, 3.8) is 0 Å². The maximum atomic E-state index is 12.9. The van der Waals surface area contributed by atoms with Gasteiger partial charge in [0.2, 0.25) is 0 Å². The van der Waals surface area contributed by atoms with Crippen LogP contribution in [0.25, 0.3) is 15.9 Å². The smallest absolute Gasteiger partial charge is 0.265 e. The molecule has 164 valence electrons. The van der Waals surface area contributed by atoms with Crippen LogP contribution >= 0.6 is 11.3 Å². The quantitative estimate of drug-likeness (QED) is 0.493. The lowest BCUT2D eigenvalue weighted by Crippen LogP contribution is -2.45. The molecule has 0 radical (unpaired) electrons. The van der Waals surface area contributed by atoms with Gasteiger partial charge in [0.1, 0.15) is 10.6 Å². The van der Waals surface area contributed by atoms with E-state index >= 15 is 0 Å². The van der Waals surface area contributed by atoms with Crippen LogP contribution in [0.3, 0.4) is 0 Å². The van der Waals surface area contributed by atoms with Crippen LogP contribution in [0.4, 0.5) is 11.5 Å². The number of ether oxygens (including phenoxy) is 1. The zero-order valence-corrected chi connectivity index (χ0v) is 19.1. The number of fused-ring (bicyclic) bond motifs is 1. The number of hydrogen-bond donors (Lipinski definition) is 1. The van der Waals surface area contributed by atoms with Gasteiger partial charge in [0.25, 0.3) is 5.91 Å². The van der Waals surface area contributed by atoms with Gasteiger partial charge in [0.15, 0.2) is 0 Å². The Morgan fingerprint density at radius 3 is 2.56 bits per heavy atom. The summed E-state index contributed by atoms with van der Waals surface area (Å²) < 4.78 is 7.69. The number of carbonyl (C=O) groups excluding carboxylic acids is 1. The fourth-order valence-electron chi connectivity index (χ4n) is 4.11. The Morgan fingerprint density at radius 2 is 1.88 bits per heavy atom. The number of benzene rings is 1. The minimum atomic E-state index is -0.145. The molecule has 1 aliphatic rings. The number of aryl methyl sites for hydroxylation is 1. The molecule has 4 heterocycles. The molecule has 7 nitrogen and oxygen atoms in total. The van der Waals surface area contributed by atoms with Crippen molar-refractivity contribution in [1.29, 1.82) is 0 Å². The third-order valence-corrected chi connectivity index (χ3v) is 6.63. The Hall–Kier alpha value is -3.23. The first-order valence-corrected chi connectivity index (χ1v) is 11.5. The van der Waals surface area contributed by atoms with Crippen LogP contribution in [0.5, 0.6) is 0 Å². The molecule has 8 heteroatoms. The number of anilines is 2. The third kappa shape index (κ3) is 3.99. The molecule has 1 N–H and O–H groups in total. The van der Waals surface area contributed by atoms with E-state index < -0.39 is 0 Å². The Morgan fingerprint density at radius 1 is 1.12 bits per heavy atom. The van der Waals surface area contributed by atoms with Gasteiger partial charge in [-0.2, -0.15) is 5.10 Å². The molecule has 3 aromatic heterocycles. The van der Waals surface area contributed by atoms with E-state index in [0.717, 1.165) is 40.5 Å². The number of hydrogen-bond acceptors (Lipinski definition) is 6. The van der Waals surface area contributed by atoms with E-state index in [4.69, 9.17) is 4.74 Å². The summed E-state index contributed by atoms with van der Waals surface area (Å²) in [6.45, 7) is 7.72. The predicted octanol–water partition coefficient (Wildman–Crippen LogP) is 4.66. The first kappa shape index (κ1) is 20.7. The van der Waals surface area contributed by atoms with Gasteiger partial charge in [-0.15, -0.1) is 11.3 Å². The Bertz CT molecular complexity index is 1240. The molecule has 32 heavy (non-hydrogen) atoms. The molecule has 0 saturated carbocycles. The van der Waals surface area contributed by atoms with Crippen LogP contribution in [0.15, 0.2) is 54.7 Å². The highest BCUT2D eigenvalue weighted by Crippen LogP contribution is 2.31. The molecule has 5 rings (SSSR count). The number of thiophene rings is 1. The van der Waals surface area contributed by atoms with Crippen molar-refractivity contribution >= 4 is 39.0 Å². The topological polar surface area (TPSA) is 72.3 Å². The van der Waals surface area contributed by atoms with Gasteiger partial charge in [0.05, 0.1) is 40.4 Å². The number of carbonyl (C=O) groups is 1. The Kier molecular flexibility index (Phi) is 5.40. The molecule has 0 spiro atoms. The normalized spacial score (nSPS) is 18.8. The highest BCUT2D eigenvalue weighted by Gasteiger charge is 2.23. The minimum absolute atomic E-state index is 0.145. The molecular formula is C24H25N5O2S. The highest BCUT2D eigenvalue weighted by molar-refractivity contribution is 7.20. The molecule has 2 atom stereocenters. The maximum absolute atomic E-state index is 12.9. The van der Waals surface area contributed by atoms with Crippen molar-refractivity contribution < 1.29 is 9.53 Å². The fraction of sp³-hybridized carbons (Fsp3) is 0.292. The molecule has 0 bridgehead atoms. The second-order valence-electron chi connectivity index (χ2n) is 8.18. The van der Waals surface area contributed by atoms with E-state index in [9.17, 15) is 4.79 Å². The second-order valence-corrected chi connectivity index (χ2v) is 9.21. The molecule has 1 fully saturated rings. The van der Waals surface area contributed by atoms with Crippen LogP contribution in [0.2, 0.25) is 0 Å². The van der Waals surface area contributed by atoms with Gasteiger partial charge in [-0.3, -0.25) is 4.79 Å². The van der Waals surface area contributed by atoms with Gasteiger partial charge in [-0.25, -0.2) is 9.67 Å². The lowest BCUT2D eigenvalue weighted by Gasteiger charge is -2.36. The highest BCUT2D eigenvalue weighted by atomic mass is 32.1. The summed E-state index contributed by atoms with van der Waals surface area (Å²) in [5.41, 5.74) is 2.55. The van der Waals surface area contributed by atoms with Crippen molar-refractivity contribution in [2.75, 3.05) is 23.3 Å². The molecule has 2 unspecified atom stereocenters. The number of nitrogens with zero attached hydrogens (tertiary/aromatic N) is 4. The van der Waals surface area contributed by atoms with Crippen LogP contribution in [-0.2, 0) is 4.74 Å². The van der Waals surface area contributed by atoms with Crippen molar-refractivity contribution in [3.8, 4) is 5.69 Å². The zero-order chi connectivity index (χ0) is 22.2. The third-order valence-electron chi connectivity index (χ3n) is 5.52. The largest absolute Gasteiger partial charge is 0.372 e. The lowest BCUT2D eigenvalue weighted by molar-refractivity contribution is -0.00545. The van der Waals surface area contributed by atoms with Gasteiger partial charge >= 0.3 is 0 Å². The van der Waals surface area contributed by atoms with E-state index in [1.807, 2.05) is 60.1 Å². The SMILES string of the molecule is Cc1nn(-c2ccccc2)c2sc(C(=O)Nc3ccc(N4CC(C)OC(C)C4)nc3)cc12. The first-order chi connectivity index (χ1) is 15.5. The predicted molar refractivity (Wildman–Crippen MR) is 128 cm³/mol. The summed E-state index contributed by atoms with van der Waals surface area (Å²) in [5.74, 6) is 0.749. The van der Waals surface area contributed by atoms with E-state index in [0.29, 0.717) is 10.6 Å². The number of rotatable bonds is 4. The summed E-state index contributed by atoms with van der Waals surface area (Å²) in [4.78, 5) is 21.3. The lowest BCUT2D eigenvalue weighted by atomic mass is 10.2. The van der Waals surface area contributed by atoms with Crippen LogP contribution < -0.4 is 10.2 Å². The number of aromatic nitrogens is 3. The van der Waals surface area contributed by atoms with Gasteiger partial charge in [-0.1, -0.05) is 18.2 Å². The molecule has 1 aromatic carbocycles. The Balaban J connectivity index is 1.34. The minimum Gasteiger partial charge on any atom is -0.372 e. The van der Waals surface area contributed by atoms with E-state index in [-0.39, 0.29) is 18.1 Å². The van der Waals surface area contributed by atoms with Gasteiger partial charge < -0.3 is 15.0 Å². The molecule has 1 aliphatic heterocycles. The summed E-state index contributed by atoms with van der Waals surface area (Å²) in [6.07, 6.45) is 2.05. The van der Waals surface area contributed by atoms with Gasteiger partial charge in [-0.05, 0) is 51.1 Å². The van der Waals surface area contributed by atoms with Crippen molar-refractivity contribution in [2.45, 2.75) is 33.0 Å². The summed E-state index contributed by atoms with van der Waals surface area (Å²) in [7, 11) is 0. The van der Waals surface area contributed by atoms with Crippen LogP contribution in [0.1, 0.15) is 29.2 Å². The summed E-state index contributed by atoms with van der Waals surface area (Å²) in [5, 5.41) is 8.61. The van der Waals surface area contributed by atoms with Crippen molar-refractivity contribution in [2.24, 2.45) is 0 Å². The molecule has 1 amide bonds. The average Bonchev–Trinajstić information content (AvgIpc) is 3.35. The molecule has 4 aromatic rings. The maximum Gasteiger partial charge on any atom is 0.265 e. The second kappa shape index (κ2) is 8.37. The zero-order valence-electron chi connectivity index (χ0n) is 18.3. The fourth-order valence-corrected chi connectivity index (χ4v) is 5.19. The van der Waals surface area contributed by atoms with Crippen molar-refractivity contribution in [1.82, 2.24) is 14.8 Å². The Labute approximate surface area is 190 Å². The molecule has 1 saturated heterocycles. The van der Waals surface area contributed by atoms with Gasteiger partial charge in [0, 0.05) is 18.5 Å². The number of pyridine rings is 1. The van der Waals surface area contributed by atoms with Crippen LogP contribution in [-0.4, -0.2) is 46.0 Å². The van der Waals surface area contributed by atoms with E-state index in [2.05, 4.69) is 34.1 Å². The summed E-state index contributed by atoms with van der Waals surface area (Å²) in [6, 6.07) is 15.7. The number of amides is 1. The van der Waals surface area contributed by atoms with Crippen molar-refractivity contribution in [3.05, 3.63) is 65.3 Å². The number of para-hydroxylation sites is 1. The standard InChI is InChI=1S/C24H25N5O2S/c1-15-13-28(14-16(2)31-15)22-10-9-18(12-25-22)26-23(30)21-11-20-17(3)27-29(24(20)32-21)19-7-5-4-6-8-19/h4-12,15-16H,13-14H2,1-3H3,(H,26,30). The monoisotopic (exact) mass is 447 g/mol. The average molecular weight is 448 g/mol. The molecular weight excluding hydrogens is 422 g/mol. The first-order valence-electron chi connectivity index (χ1n) is 10.7. The number of morpholine rings is 1. The van der Waals surface area contributed by atoms with Crippen LogP contribution in [0, 0.1) is 6.92 Å². The van der Waals surface area contributed by atoms with E-state index in [1.54, 1.807) is 6.20 Å². The number of nitrogens with one attached hydrogen (secondary N) is 1. The summed E-state index contributed by atoms with van der Waals surface area (Å²) >= 11 is 1.44. The molecule has 0 aliphatic carbocycles. The van der Waals surface area contributed by atoms with E-state index in [1.165, 1.54) is 11.3 Å².